The van der Waals surface area contributed by atoms with Gasteiger partial charge in [-0.1, -0.05) is 103 Å². The van der Waals surface area contributed by atoms with Crippen LogP contribution in [0.15, 0.2) is 121 Å². The SMILES string of the molecule is Cc1cc(C)c2ccc3ccc(-c4ccc(-c5cc(-c6ccccc6)nc(-c6ccccc6)n5)cc4)nc3c2n1. The van der Waals surface area contributed by atoms with E-state index in [0.29, 0.717) is 5.82 Å². The number of nitrogens with zero attached hydrogens (tertiary/aromatic N) is 4. The first-order valence-corrected chi connectivity index (χ1v) is 13.4. The largest absolute Gasteiger partial charge is 0.251 e. The Bertz CT molecular complexity index is 1940. The number of fused-ring (bicyclic) bond motifs is 3. The first-order valence-electron chi connectivity index (χ1n) is 13.4. The summed E-state index contributed by atoms with van der Waals surface area (Å²) in [6.07, 6.45) is 0. The molecule has 0 saturated heterocycles. The fraction of sp³-hybridized carbons (Fsp3) is 0.0556. The van der Waals surface area contributed by atoms with Gasteiger partial charge >= 0.3 is 0 Å². The summed E-state index contributed by atoms with van der Waals surface area (Å²) >= 11 is 0. The van der Waals surface area contributed by atoms with Gasteiger partial charge in [0.25, 0.3) is 0 Å². The Hall–Kier alpha value is -5.22. The molecule has 40 heavy (non-hydrogen) atoms. The van der Waals surface area contributed by atoms with Crippen molar-refractivity contribution in [3.8, 4) is 45.2 Å². The summed E-state index contributed by atoms with van der Waals surface area (Å²) in [5, 5.41) is 2.23. The molecule has 0 spiro atoms. The van der Waals surface area contributed by atoms with Gasteiger partial charge in [-0.25, -0.2) is 15.0 Å². The summed E-state index contributed by atoms with van der Waals surface area (Å²) < 4.78 is 0. The van der Waals surface area contributed by atoms with Crippen LogP contribution in [-0.4, -0.2) is 19.9 Å². The van der Waals surface area contributed by atoms with E-state index < -0.39 is 0 Å². The third-order valence-corrected chi connectivity index (χ3v) is 7.28. The van der Waals surface area contributed by atoms with Crippen LogP contribution < -0.4 is 0 Å². The Morgan fingerprint density at radius 3 is 1.68 bits per heavy atom. The number of aromatic nitrogens is 4. The van der Waals surface area contributed by atoms with Crippen LogP contribution in [0.2, 0.25) is 0 Å². The summed E-state index contributed by atoms with van der Waals surface area (Å²) in [6.45, 7) is 4.17. The standard InChI is InChI=1S/C36H26N4/c1-23-21-24(2)37-35-30(23)19-17-28-18-20-31(38-34(28)35)26-13-15-27(16-14-26)33-22-32(25-9-5-3-6-10-25)39-36(40-33)29-11-7-4-8-12-29/h3-22H,1-2H3. The lowest BCUT2D eigenvalue weighted by atomic mass is 10.0. The van der Waals surface area contributed by atoms with Crippen molar-refractivity contribution in [2.24, 2.45) is 0 Å². The summed E-state index contributed by atoms with van der Waals surface area (Å²) in [6, 6.07) is 41.5. The van der Waals surface area contributed by atoms with Crippen LogP contribution in [0.4, 0.5) is 0 Å². The first-order chi connectivity index (χ1) is 19.6. The second kappa shape index (κ2) is 9.83. The molecule has 0 saturated carbocycles. The number of rotatable bonds is 4. The van der Waals surface area contributed by atoms with Gasteiger partial charge in [0.05, 0.1) is 28.1 Å². The highest BCUT2D eigenvalue weighted by molar-refractivity contribution is 6.04. The first kappa shape index (κ1) is 23.9. The van der Waals surface area contributed by atoms with Crippen molar-refractivity contribution in [1.82, 2.24) is 19.9 Å². The van der Waals surface area contributed by atoms with E-state index in [2.05, 4.69) is 79.7 Å². The van der Waals surface area contributed by atoms with Gasteiger partial charge in [-0.2, -0.15) is 0 Å². The van der Waals surface area contributed by atoms with E-state index in [4.69, 9.17) is 19.9 Å². The van der Waals surface area contributed by atoms with Gasteiger partial charge in [0.2, 0.25) is 0 Å². The lowest BCUT2D eigenvalue weighted by Crippen LogP contribution is -1.96. The van der Waals surface area contributed by atoms with Crippen molar-refractivity contribution in [2.45, 2.75) is 13.8 Å². The third-order valence-electron chi connectivity index (χ3n) is 7.28. The molecule has 0 aliphatic rings. The van der Waals surface area contributed by atoms with E-state index in [1.54, 1.807) is 0 Å². The molecule has 0 atom stereocenters. The highest BCUT2D eigenvalue weighted by Gasteiger charge is 2.12. The monoisotopic (exact) mass is 514 g/mol. The van der Waals surface area contributed by atoms with Gasteiger partial charge in [-0.05, 0) is 37.6 Å². The molecule has 7 rings (SSSR count). The summed E-state index contributed by atoms with van der Waals surface area (Å²) in [7, 11) is 0. The number of benzene rings is 4. The maximum absolute atomic E-state index is 5.08. The smallest absolute Gasteiger partial charge is 0.160 e. The average Bonchev–Trinajstić information content (AvgIpc) is 3.01. The number of pyridine rings is 2. The van der Waals surface area contributed by atoms with Gasteiger partial charge in [0, 0.05) is 38.7 Å². The van der Waals surface area contributed by atoms with Crippen molar-refractivity contribution >= 4 is 21.8 Å². The van der Waals surface area contributed by atoms with E-state index in [-0.39, 0.29) is 0 Å². The Labute approximate surface area is 233 Å². The van der Waals surface area contributed by atoms with Gasteiger partial charge in [-0.3, -0.25) is 4.98 Å². The predicted molar refractivity (Wildman–Crippen MR) is 164 cm³/mol. The summed E-state index contributed by atoms with van der Waals surface area (Å²) in [4.78, 5) is 19.8. The number of hydrogen-bond donors (Lipinski definition) is 0. The molecule has 0 radical (unpaired) electrons. The summed E-state index contributed by atoms with van der Waals surface area (Å²) in [5.74, 6) is 0.710. The molecule has 0 unspecified atom stereocenters. The zero-order chi connectivity index (χ0) is 27.1. The Morgan fingerprint density at radius 1 is 0.425 bits per heavy atom. The van der Waals surface area contributed by atoms with E-state index in [0.717, 1.165) is 66.8 Å². The molecule has 0 bridgehead atoms. The maximum atomic E-state index is 5.08. The molecular weight excluding hydrogens is 488 g/mol. The fourth-order valence-electron chi connectivity index (χ4n) is 5.25. The van der Waals surface area contributed by atoms with Crippen LogP contribution in [0.1, 0.15) is 11.3 Å². The minimum atomic E-state index is 0.710. The zero-order valence-corrected chi connectivity index (χ0v) is 22.3. The molecule has 4 heteroatoms. The zero-order valence-electron chi connectivity index (χ0n) is 22.3. The molecular formula is C36H26N4. The fourth-order valence-corrected chi connectivity index (χ4v) is 5.25. The minimum Gasteiger partial charge on any atom is -0.251 e. The molecule has 3 aromatic heterocycles. The molecule has 190 valence electrons. The second-order valence-electron chi connectivity index (χ2n) is 10.1. The maximum Gasteiger partial charge on any atom is 0.160 e. The molecule has 0 aliphatic carbocycles. The van der Waals surface area contributed by atoms with Gasteiger partial charge in [0.15, 0.2) is 5.82 Å². The van der Waals surface area contributed by atoms with E-state index in [1.165, 1.54) is 5.56 Å². The van der Waals surface area contributed by atoms with E-state index in [1.807, 2.05) is 55.5 Å². The average molecular weight is 515 g/mol. The molecule has 3 heterocycles. The van der Waals surface area contributed by atoms with Crippen molar-refractivity contribution in [3.05, 3.63) is 133 Å². The second-order valence-corrected chi connectivity index (χ2v) is 10.1. The Balaban J connectivity index is 1.31. The molecule has 4 nitrogen and oxygen atoms in total. The molecule has 0 fully saturated rings. The van der Waals surface area contributed by atoms with Crippen LogP contribution >= 0.6 is 0 Å². The van der Waals surface area contributed by atoms with Crippen LogP contribution in [0.25, 0.3) is 67.0 Å². The van der Waals surface area contributed by atoms with Crippen LogP contribution in [0.3, 0.4) is 0 Å². The van der Waals surface area contributed by atoms with Crippen LogP contribution in [0.5, 0.6) is 0 Å². The molecule has 4 aromatic carbocycles. The predicted octanol–water partition coefficient (Wildman–Crippen LogP) is 8.86. The van der Waals surface area contributed by atoms with Crippen LogP contribution in [-0.2, 0) is 0 Å². The molecule has 7 aromatic rings. The van der Waals surface area contributed by atoms with E-state index >= 15 is 0 Å². The third kappa shape index (κ3) is 4.40. The Morgan fingerprint density at radius 2 is 1.00 bits per heavy atom. The lowest BCUT2D eigenvalue weighted by Gasteiger charge is -2.11. The van der Waals surface area contributed by atoms with Crippen LogP contribution in [0, 0.1) is 13.8 Å². The highest BCUT2D eigenvalue weighted by atomic mass is 14.9. The minimum absolute atomic E-state index is 0.710. The summed E-state index contributed by atoms with van der Waals surface area (Å²) in [5.41, 5.74) is 10.9. The van der Waals surface area contributed by atoms with Crippen molar-refractivity contribution in [1.29, 1.82) is 0 Å². The van der Waals surface area contributed by atoms with Crippen molar-refractivity contribution in [3.63, 3.8) is 0 Å². The molecule has 0 aliphatic heterocycles. The topological polar surface area (TPSA) is 51.6 Å². The van der Waals surface area contributed by atoms with E-state index in [9.17, 15) is 0 Å². The van der Waals surface area contributed by atoms with Gasteiger partial charge < -0.3 is 0 Å². The molecule has 0 N–H and O–H groups in total. The van der Waals surface area contributed by atoms with Gasteiger partial charge in [-0.15, -0.1) is 0 Å². The van der Waals surface area contributed by atoms with Crippen molar-refractivity contribution in [2.75, 3.05) is 0 Å². The quantitative estimate of drug-likeness (QED) is 0.220. The normalized spacial score (nSPS) is 11.2. The van der Waals surface area contributed by atoms with Crippen molar-refractivity contribution < 1.29 is 0 Å². The lowest BCUT2D eigenvalue weighted by molar-refractivity contribution is 1.18. The Kier molecular flexibility index (Phi) is 5.86. The number of hydrogen-bond acceptors (Lipinski definition) is 4. The molecule has 0 amide bonds. The highest BCUT2D eigenvalue weighted by Crippen LogP contribution is 2.31. The van der Waals surface area contributed by atoms with Gasteiger partial charge in [0.1, 0.15) is 0 Å². The number of aryl methyl sites for hydroxylation is 2.